The van der Waals surface area contributed by atoms with E-state index in [1.807, 2.05) is 36.4 Å². The summed E-state index contributed by atoms with van der Waals surface area (Å²) in [5.41, 5.74) is 8.20. The van der Waals surface area contributed by atoms with Crippen molar-refractivity contribution in [3.63, 3.8) is 0 Å². The molecule has 1 aromatic heterocycles. The van der Waals surface area contributed by atoms with Gasteiger partial charge in [-0.1, -0.05) is 24.3 Å². The maximum absolute atomic E-state index is 7.37. The fraction of sp³-hybridized carbons (Fsp3) is 0.143. The van der Waals surface area contributed by atoms with E-state index in [0.29, 0.717) is 13.2 Å². The zero-order chi connectivity index (χ0) is 12.8. The highest BCUT2D eigenvalue weighted by Crippen LogP contribution is 2.08. The summed E-state index contributed by atoms with van der Waals surface area (Å²) in [7, 11) is 0. The monoisotopic (exact) mass is 277 g/mol. The van der Waals surface area contributed by atoms with Gasteiger partial charge in [-0.25, -0.2) is 0 Å². The molecule has 0 aliphatic heterocycles. The van der Waals surface area contributed by atoms with Crippen molar-refractivity contribution in [2.24, 2.45) is 5.73 Å². The Morgan fingerprint density at radius 3 is 2.58 bits per heavy atom. The number of rotatable bonds is 5. The summed E-state index contributed by atoms with van der Waals surface area (Å²) in [6.45, 7) is 1.02. The second kappa shape index (κ2) is 7.51. The Bertz CT molecular complexity index is 531. The fourth-order valence-corrected chi connectivity index (χ4v) is 1.60. The molecule has 0 aliphatic carbocycles. The average Bonchev–Trinajstić information content (AvgIpc) is 2.40. The Hall–Kier alpha value is -1.91. The van der Waals surface area contributed by atoms with Crippen LogP contribution in [0.2, 0.25) is 0 Å². The number of nitrogens with zero attached hydrogens (tertiary/aromatic N) is 1. The van der Waals surface area contributed by atoms with E-state index in [4.69, 9.17) is 15.9 Å². The van der Waals surface area contributed by atoms with Crippen LogP contribution >= 0.6 is 12.4 Å². The van der Waals surface area contributed by atoms with Crippen LogP contribution in [0.4, 0.5) is 0 Å². The molecule has 2 aromatic rings. The number of benzene rings is 1. The van der Waals surface area contributed by atoms with Gasteiger partial charge in [-0.05, 0) is 23.3 Å². The van der Waals surface area contributed by atoms with Gasteiger partial charge in [0.15, 0.2) is 0 Å². The van der Waals surface area contributed by atoms with Crippen LogP contribution in [-0.4, -0.2) is 10.8 Å². The van der Waals surface area contributed by atoms with E-state index in [-0.39, 0.29) is 18.2 Å². The lowest BCUT2D eigenvalue weighted by Crippen LogP contribution is -2.11. The van der Waals surface area contributed by atoms with Gasteiger partial charge in [0.1, 0.15) is 5.84 Å². The molecule has 19 heavy (non-hydrogen) atoms. The number of amidine groups is 1. The van der Waals surface area contributed by atoms with Crippen LogP contribution in [0.5, 0.6) is 0 Å². The lowest BCUT2D eigenvalue weighted by Gasteiger charge is -2.06. The van der Waals surface area contributed by atoms with Gasteiger partial charge in [-0.2, -0.15) is 0 Å². The molecular formula is C14H16ClN3O. The van der Waals surface area contributed by atoms with E-state index in [1.165, 1.54) is 0 Å². The summed E-state index contributed by atoms with van der Waals surface area (Å²) >= 11 is 0. The maximum Gasteiger partial charge on any atom is 0.122 e. The van der Waals surface area contributed by atoms with Crippen molar-refractivity contribution in [2.75, 3.05) is 0 Å². The molecule has 0 bridgehead atoms. The molecule has 3 N–H and O–H groups in total. The maximum atomic E-state index is 7.37. The quantitative estimate of drug-likeness (QED) is 0.651. The Labute approximate surface area is 118 Å². The summed E-state index contributed by atoms with van der Waals surface area (Å²) in [6.07, 6.45) is 3.52. The topological polar surface area (TPSA) is 72.0 Å². The van der Waals surface area contributed by atoms with E-state index < -0.39 is 0 Å². The number of hydrogen-bond donors (Lipinski definition) is 2. The molecule has 0 unspecified atom stereocenters. The van der Waals surface area contributed by atoms with Crippen molar-refractivity contribution < 1.29 is 4.74 Å². The molecule has 1 heterocycles. The second-order valence-electron chi connectivity index (χ2n) is 3.97. The van der Waals surface area contributed by atoms with Crippen molar-refractivity contribution in [1.82, 2.24) is 4.98 Å². The highest BCUT2D eigenvalue weighted by atomic mass is 35.5. The summed E-state index contributed by atoms with van der Waals surface area (Å²) < 4.78 is 5.59. The number of nitrogen functional groups attached to an aromatic ring is 1. The molecule has 2 rings (SSSR count). The van der Waals surface area contributed by atoms with Crippen molar-refractivity contribution in [2.45, 2.75) is 13.2 Å². The molecule has 0 radical (unpaired) electrons. The second-order valence-corrected chi connectivity index (χ2v) is 3.97. The van der Waals surface area contributed by atoms with Gasteiger partial charge < -0.3 is 10.5 Å². The number of halogens is 1. The number of hydrogen-bond acceptors (Lipinski definition) is 3. The van der Waals surface area contributed by atoms with Crippen molar-refractivity contribution >= 4 is 18.2 Å². The standard InChI is InChI=1S/C14H15N3O.ClH/c15-14(16)13-5-1-3-11(7-13)9-18-10-12-4-2-6-17-8-12;/h1-8H,9-10H2,(H3,15,16);1H. The zero-order valence-corrected chi connectivity index (χ0v) is 11.2. The summed E-state index contributed by atoms with van der Waals surface area (Å²) in [5.74, 6) is 0.0732. The minimum absolute atomic E-state index is 0. The minimum Gasteiger partial charge on any atom is -0.384 e. The molecule has 0 amide bonds. The third-order valence-electron chi connectivity index (χ3n) is 2.50. The molecule has 0 spiro atoms. The highest BCUT2D eigenvalue weighted by Gasteiger charge is 1.99. The first kappa shape index (κ1) is 15.1. The predicted molar refractivity (Wildman–Crippen MR) is 77.4 cm³/mol. The van der Waals surface area contributed by atoms with Crippen molar-refractivity contribution in [1.29, 1.82) is 5.41 Å². The largest absolute Gasteiger partial charge is 0.384 e. The third kappa shape index (κ3) is 4.69. The van der Waals surface area contributed by atoms with E-state index in [1.54, 1.807) is 12.4 Å². The van der Waals surface area contributed by atoms with E-state index in [0.717, 1.165) is 16.7 Å². The summed E-state index contributed by atoms with van der Waals surface area (Å²) in [4.78, 5) is 4.02. The summed E-state index contributed by atoms with van der Waals surface area (Å²) in [5, 5.41) is 7.37. The van der Waals surface area contributed by atoms with Gasteiger partial charge in [-0.15, -0.1) is 12.4 Å². The Morgan fingerprint density at radius 2 is 1.89 bits per heavy atom. The van der Waals surface area contributed by atoms with Crippen LogP contribution in [0.15, 0.2) is 48.8 Å². The van der Waals surface area contributed by atoms with E-state index >= 15 is 0 Å². The van der Waals surface area contributed by atoms with E-state index in [2.05, 4.69) is 4.98 Å². The zero-order valence-electron chi connectivity index (χ0n) is 10.4. The first-order chi connectivity index (χ1) is 8.75. The van der Waals surface area contributed by atoms with Gasteiger partial charge in [0.25, 0.3) is 0 Å². The van der Waals surface area contributed by atoms with Crippen molar-refractivity contribution in [3.05, 3.63) is 65.5 Å². The molecule has 1 aromatic carbocycles. The van der Waals surface area contributed by atoms with Gasteiger partial charge in [0.05, 0.1) is 13.2 Å². The molecule has 5 heteroatoms. The molecule has 0 aliphatic rings. The SMILES string of the molecule is Cl.N=C(N)c1cccc(COCc2cccnc2)c1. The molecule has 4 nitrogen and oxygen atoms in total. The van der Waals surface area contributed by atoms with Crippen LogP contribution < -0.4 is 5.73 Å². The normalized spacial score (nSPS) is 9.68. The molecule has 0 atom stereocenters. The highest BCUT2D eigenvalue weighted by molar-refractivity contribution is 5.95. The Balaban J connectivity index is 0.00000180. The Morgan fingerprint density at radius 1 is 1.16 bits per heavy atom. The predicted octanol–water partition coefficient (Wildman–Crippen LogP) is 2.50. The molecular weight excluding hydrogens is 262 g/mol. The number of aromatic nitrogens is 1. The minimum atomic E-state index is 0. The Kier molecular flexibility index (Phi) is 5.99. The van der Waals surface area contributed by atoms with Crippen LogP contribution in [0.3, 0.4) is 0 Å². The first-order valence-corrected chi connectivity index (χ1v) is 5.65. The lowest BCUT2D eigenvalue weighted by atomic mass is 10.1. The average molecular weight is 278 g/mol. The first-order valence-electron chi connectivity index (χ1n) is 5.65. The molecule has 100 valence electrons. The van der Waals surface area contributed by atoms with Crippen molar-refractivity contribution in [3.8, 4) is 0 Å². The molecule has 0 saturated carbocycles. The molecule has 0 saturated heterocycles. The van der Waals surface area contributed by atoms with Gasteiger partial charge >= 0.3 is 0 Å². The lowest BCUT2D eigenvalue weighted by molar-refractivity contribution is 0.107. The number of ether oxygens (including phenoxy) is 1. The van der Waals surface area contributed by atoms with Crippen LogP contribution in [-0.2, 0) is 18.0 Å². The molecule has 0 fully saturated rings. The number of nitrogens with two attached hydrogens (primary N) is 1. The van der Waals surface area contributed by atoms with E-state index in [9.17, 15) is 0 Å². The number of pyridine rings is 1. The van der Waals surface area contributed by atoms with Crippen LogP contribution in [0.25, 0.3) is 0 Å². The third-order valence-corrected chi connectivity index (χ3v) is 2.50. The number of nitrogens with one attached hydrogen (secondary N) is 1. The smallest absolute Gasteiger partial charge is 0.122 e. The van der Waals surface area contributed by atoms with Crippen LogP contribution in [0, 0.1) is 5.41 Å². The van der Waals surface area contributed by atoms with Gasteiger partial charge in [-0.3, -0.25) is 10.4 Å². The van der Waals surface area contributed by atoms with Gasteiger partial charge in [0, 0.05) is 18.0 Å². The fourth-order valence-electron chi connectivity index (χ4n) is 1.60. The van der Waals surface area contributed by atoms with Crippen LogP contribution in [0.1, 0.15) is 16.7 Å². The summed E-state index contributed by atoms with van der Waals surface area (Å²) in [6, 6.07) is 11.4. The van der Waals surface area contributed by atoms with Gasteiger partial charge in [0.2, 0.25) is 0 Å².